The second-order valence-corrected chi connectivity index (χ2v) is 5.06. The monoisotopic (exact) mass is 330 g/mol. The first kappa shape index (κ1) is 15.7. The number of hydrogen-bond donors (Lipinski definition) is 1. The molecule has 24 heavy (non-hydrogen) atoms. The van der Waals surface area contributed by atoms with Crippen molar-refractivity contribution in [3.8, 4) is 16.8 Å². The number of hydrogen-bond acceptors (Lipinski definition) is 4. The van der Waals surface area contributed by atoms with Crippen LogP contribution in [-0.2, 0) is 6.42 Å². The van der Waals surface area contributed by atoms with E-state index in [0.717, 1.165) is 12.1 Å². The molecular weight excluding hydrogens is 318 g/mol. The Morgan fingerprint density at radius 3 is 2.67 bits per heavy atom. The SMILES string of the molecule is CCc1nnnn1-c1cc(C(=O)O)cc(-c2ccc(F)cc2F)c1. The van der Waals surface area contributed by atoms with Crippen molar-refractivity contribution in [2.45, 2.75) is 13.3 Å². The standard InChI is InChI=1S/C16H12F2N4O2/c1-2-15-19-20-21-22(15)12-6-9(5-10(7-12)16(23)24)13-4-3-11(17)8-14(13)18/h3-8H,2H2,1H3,(H,23,24). The molecule has 0 spiro atoms. The van der Waals surface area contributed by atoms with Crippen LogP contribution in [0.2, 0.25) is 0 Å². The maximum Gasteiger partial charge on any atom is 0.335 e. The Kier molecular flexibility index (Phi) is 4.03. The average molecular weight is 330 g/mol. The number of nitrogens with zero attached hydrogens (tertiary/aromatic N) is 4. The number of carboxylic acids is 1. The highest BCUT2D eigenvalue weighted by atomic mass is 19.1. The third-order valence-electron chi connectivity index (χ3n) is 3.50. The third-order valence-corrected chi connectivity index (χ3v) is 3.50. The molecule has 8 heteroatoms. The first-order valence-corrected chi connectivity index (χ1v) is 7.11. The summed E-state index contributed by atoms with van der Waals surface area (Å²) in [6, 6.07) is 7.38. The minimum absolute atomic E-state index is 0.0521. The van der Waals surface area contributed by atoms with Crippen molar-refractivity contribution >= 4 is 5.97 Å². The van der Waals surface area contributed by atoms with Gasteiger partial charge in [0.25, 0.3) is 0 Å². The van der Waals surface area contributed by atoms with E-state index < -0.39 is 17.6 Å². The second-order valence-electron chi connectivity index (χ2n) is 5.06. The smallest absolute Gasteiger partial charge is 0.335 e. The third kappa shape index (κ3) is 2.85. The maximum atomic E-state index is 14.1. The zero-order valence-electron chi connectivity index (χ0n) is 12.6. The highest BCUT2D eigenvalue weighted by Gasteiger charge is 2.15. The van der Waals surface area contributed by atoms with Crippen molar-refractivity contribution in [1.29, 1.82) is 0 Å². The molecule has 1 heterocycles. The van der Waals surface area contributed by atoms with Gasteiger partial charge in [-0.15, -0.1) is 5.10 Å². The van der Waals surface area contributed by atoms with Crippen LogP contribution in [0.5, 0.6) is 0 Å². The van der Waals surface area contributed by atoms with E-state index in [1.165, 1.54) is 22.9 Å². The van der Waals surface area contributed by atoms with Crippen molar-refractivity contribution < 1.29 is 18.7 Å². The van der Waals surface area contributed by atoms with Crippen LogP contribution in [0, 0.1) is 11.6 Å². The molecule has 3 aromatic rings. The van der Waals surface area contributed by atoms with Crippen LogP contribution in [0.15, 0.2) is 36.4 Å². The number of tetrazole rings is 1. The van der Waals surface area contributed by atoms with Gasteiger partial charge >= 0.3 is 5.97 Å². The molecule has 3 rings (SSSR count). The van der Waals surface area contributed by atoms with Crippen molar-refractivity contribution in [2.75, 3.05) is 0 Å². The van der Waals surface area contributed by atoms with E-state index in [2.05, 4.69) is 15.5 Å². The van der Waals surface area contributed by atoms with Gasteiger partial charge in [0, 0.05) is 18.1 Å². The molecular formula is C16H12F2N4O2. The summed E-state index contributed by atoms with van der Waals surface area (Å²) in [5, 5.41) is 20.6. The number of aryl methyl sites for hydroxylation is 1. The van der Waals surface area contributed by atoms with E-state index >= 15 is 0 Å². The summed E-state index contributed by atoms with van der Waals surface area (Å²) in [6.07, 6.45) is 0.532. The molecule has 0 unspecified atom stereocenters. The minimum Gasteiger partial charge on any atom is -0.478 e. The number of aromatic carboxylic acids is 1. The molecule has 0 amide bonds. The Morgan fingerprint density at radius 2 is 2.00 bits per heavy atom. The van der Waals surface area contributed by atoms with Gasteiger partial charge < -0.3 is 5.11 Å². The van der Waals surface area contributed by atoms with Gasteiger partial charge in [0.15, 0.2) is 5.82 Å². The lowest BCUT2D eigenvalue weighted by atomic mass is 10.0. The molecule has 122 valence electrons. The Bertz CT molecular complexity index is 924. The lowest BCUT2D eigenvalue weighted by molar-refractivity contribution is 0.0697. The van der Waals surface area contributed by atoms with Crippen LogP contribution < -0.4 is 0 Å². The second kappa shape index (κ2) is 6.15. The number of rotatable bonds is 4. The van der Waals surface area contributed by atoms with E-state index in [9.17, 15) is 18.7 Å². The molecule has 0 aliphatic heterocycles. The number of benzene rings is 2. The van der Waals surface area contributed by atoms with Crippen LogP contribution in [0.1, 0.15) is 23.1 Å². The van der Waals surface area contributed by atoms with Gasteiger partial charge in [-0.1, -0.05) is 6.92 Å². The van der Waals surface area contributed by atoms with Gasteiger partial charge in [0.1, 0.15) is 11.6 Å². The molecule has 0 atom stereocenters. The molecule has 0 fully saturated rings. The Labute approximate surface area is 135 Å². The molecule has 0 bridgehead atoms. The van der Waals surface area contributed by atoms with Crippen LogP contribution >= 0.6 is 0 Å². The van der Waals surface area contributed by atoms with Gasteiger partial charge in [-0.25, -0.2) is 13.6 Å². The normalized spacial score (nSPS) is 10.8. The zero-order valence-corrected chi connectivity index (χ0v) is 12.6. The quantitative estimate of drug-likeness (QED) is 0.795. The summed E-state index contributed by atoms with van der Waals surface area (Å²) in [7, 11) is 0. The summed E-state index contributed by atoms with van der Waals surface area (Å²) in [5.74, 6) is -2.13. The molecule has 0 saturated heterocycles. The van der Waals surface area contributed by atoms with E-state index in [1.54, 1.807) is 6.07 Å². The van der Waals surface area contributed by atoms with Crippen molar-refractivity contribution in [3.63, 3.8) is 0 Å². The molecule has 0 aliphatic rings. The van der Waals surface area contributed by atoms with Crippen molar-refractivity contribution in [2.24, 2.45) is 0 Å². The molecule has 6 nitrogen and oxygen atoms in total. The topological polar surface area (TPSA) is 80.9 Å². The molecule has 2 aromatic carbocycles. The molecule has 0 radical (unpaired) electrons. The highest BCUT2D eigenvalue weighted by molar-refractivity contribution is 5.90. The van der Waals surface area contributed by atoms with Crippen molar-refractivity contribution in [3.05, 3.63) is 59.4 Å². The first-order chi connectivity index (χ1) is 11.5. The summed E-state index contributed by atoms with van der Waals surface area (Å²) >= 11 is 0. The fourth-order valence-corrected chi connectivity index (χ4v) is 2.36. The fraction of sp³-hybridized carbons (Fsp3) is 0.125. The highest BCUT2D eigenvalue weighted by Crippen LogP contribution is 2.27. The van der Waals surface area contributed by atoms with Crippen LogP contribution in [0.3, 0.4) is 0 Å². The predicted octanol–water partition coefficient (Wildman–Crippen LogP) is 2.87. The lowest BCUT2D eigenvalue weighted by Gasteiger charge is -2.10. The largest absolute Gasteiger partial charge is 0.478 e. The maximum absolute atomic E-state index is 14.1. The Morgan fingerprint density at radius 1 is 1.21 bits per heavy atom. The van der Waals surface area contributed by atoms with Crippen LogP contribution in [-0.4, -0.2) is 31.3 Å². The summed E-state index contributed by atoms with van der Waals surface area (Å²) in [5.41, 5.74) is 0.714. The summed E-state index contributed by atoms with van der Waals surface area (Å²) in [6.45, 7) is 1.85. The van der Waals surface area contributed by atoms with Gasteiger partial charge in [-0.2, -0.15) is 4.68 Å². The summed E-state index contributed by atoms with van der Waals surface area (Å²) in [4.78, 5) is 11.4. The van der Waals surface area contributed by atoms with E-state index in [0.29, 0.717) is 23.5 Å². The Balaban J connectivity index is 2.22. The first-order valence-electron chi connectivity index (χ1n) is 7.11. The van der Waals surface area contributed by atoms with E-state index in [1.807, 2.05) is 6.92 Å². The van der Waals surface area contributed by atoms with Crippen molar-refractivity contribution in [1.82, 2.24) is 20.2 Å². The average Bonchev–Trinajstić information content (AvgIpc) is 3.03. The Hall–Kier alpha value is -3.16. The molecule has 1 N–H and O–H groups in total. The minimum atomic E-state index is -1.17. The molecule has 1 aromatic heterocycles. The van der Waals surface area contributed by atoms with Gasteiger partial charge in [0.05, 0.1) is 11.3 Å². The fourth-order valence-electron chi connectivity index (χ4n) is 2.36. The predicted molar refractivity (Wildman–Crippen MR) is 80.8 cm³/mol. The number of carboxylic acid groups (broad SMARTS) is 1. The van der Waals surface area contributed by atoms with E-state index in [4.69, 9.17) is 0 Å². The van der Waals surface area contributed by atoms with E-state index in [-0.39, 0.29) is 11.1 Å². The van der Waals surface area contributed by atoms with Crippen LogP contribution in [0.4, 0.5) is 8.78 Å². The zero-order chi connectivity index (χ0) is 17.3. The summed E-state index contributed by atoms with van der Waals surface area (Å²) < 4.78 is 28.5. The van der Waals surface area contributed by atoms with Gasteiger partial charge in [0.2, 0.25) is 0 Å². The lowest BCUT2D eigenvalue weighted by Crippen LogP contribution is -2.06. The molecule has 0 aliphatic carbocycles. The molecule has 0 saturated carbocycles. The van der Waals surface area contributed by atoms with Gasteiger partial charge in [-0.05, 0) is 46.3 Å². The van der Waals surface area contributed by atoms with Crippen LogP contribution in [0.25, 0.3) is 16.8 Å². The number of aromatic nitrogens is 4. The van der Waals surface area contributed by atoms with Gasteiger partial charge in [-0.3, -0.25) is 0 Å². The number of carbonyl (C=O) groups is 1. The number of halogens is 2.